The van der Waals surface area contributed by atoms with Crippen LogP contribution in [0.4, 0.5) is 0 Å². The van der Waals surface area contributed by atoms with Crippen LogP contribution in [0.25, 0.3) is 0 Å². The standard InChI is InChI=1S/C18H28N2O/c1-3-13(2)17-12-20(18(10-19-17)15-7-8-15)11-14-5-4-6-16(21)9-14/h4-6,9,13,15,17-19,21H,3,7-8,10-12H2,1-2H3. The van der Waals surface area contributed by atoms with Crippen LogP contribution in [-0.2, 0) is 6.54 Å². The van der Waals surface area contributed by atoms with E-state index in [1.807, 2.05) is 12.1 Å². The van der Waals surface area contributed by atoms with Gasteiger partial charge < -0.3 is 10.4 Å². The van der Waals surface area contributed by atoms with Crippen LogP contribution in [0.1, 0.15) is 38.7 Å². The molecule has 1 aromatic carbocycles. The lowest BCUT2D eigenvalue weighted by molar-refractivity contribution is 0.0890. The molecule has 3 atom stereocenters. The maximum Gasteiger partial charge on any atom is 0.115 e. The highest BCUT2D eigenvalue weighted by Gasteiger charge is 2.39. The Labute approximate surface area is 128 Å². The van der Waals surface area contributed by atoms with Crippen molar-refractivity contribution in [2.24, 2.45) is 11.8 Å². The van der Waals surface area contributed by atoms with E-state index < -0.39 is 0 Å². The molecule has 1 saturated heterocycles. The molecule has 0 radical (unpaired) electrons. The number of piperazine rings is 1. The smallest absolute Gasteiger partial charge is 0.115 e. The summed E-state index contributed by atoms with van der Waals surface area (Å²) in [5.74, 6) is 1.98. The third-order valence-corrected chi connectivity index (χ3v) is 5.28. The second-order valence-corrected chi connectivity index (χ2v) is 6.90. The normalized spacial score (nSPS) is 28.5. The molecule has 2 fully saturated rings. The molecule has 0 spiro atoms. The molecule has 3 nitrogen and oxygen atoms in total. The van der Waals surface area contributed by atoms with Gasteiger partial charge in [-0.1, -0.05) is 32.4 Å². The molecule has 1 aliphatic carbocycles. The van der Waals surface area contributed by atoms with E-state index in [1.54, 1.807) is 6.07 Å². The first-order valence-electron chi connectivity index (χ1n) is 8.42. The molecule has 3 unspecified atom stereocenters. The van der Waals surface area contributed by atoms with E-state index in [0.29, 0.717) is 17.8 Å². The first-order valence-corrected chi connectivity index (χ1v) is 8.42. The lowest BCUT2D eigenvalue weighted by Crippen LogP contribution is -2.58. The molecule has 0 aromatic heterocycles. The summed E-state index contributed by atoms with van der Waals surface area (Å²) >= 11 is 0. The number of aromatic hydroxyl groups is 1. The van der Waals surface area contributed by atoms with Gasteiger partial charge in [0, 0.05) is 31.7 Å². The monoisotopic (exact) mass is 288 g/mol. The number of nitrogens with one attached hydrogen (secondary N) is 1. The van der Waals surface area contributed by atoms with Gasteiger partial charge in [0.05, 0.1) is 0 Å². The van der Waals surface area contributed by atoms with Crippen molar-refractivity contribution in [1.29, 1.82) is 0 Å². The second kappa shape index (κ2) is 6.37. The van der Waals surface area contributed by atoms with E-state index in [0.717, 1.165) is 31.5 Å². The molecular formula is C18H28N2O. The quantitative estimate of drug-likeness (QED) is 0.874. The van der Waals surface area contributed by atoms with E-state index in [9.17, 15) is 5.11 Å². The van der Waals surface area contributed by atoms with Gasteiger partial charge in [0.2, 0.25) is 0 Å². The molecular weight excluding hydrogens is 260 g/mol. The van der Waals surface area contributed by atoms with Gasteiger partial charge in [0.15, 0.2) is 0 Å². The molecule has 2 N–H and O–H groups in total. The zero-order chi connectivity index (χ0) is 14.8. The largest absolute Gasteiger partial charge is 0.508 e. The van der Waals surface area contributed by atoms with Gasteiger partial charge in [-0.25, -0.2) is 0 Å². The van der Waals surface area contributed by atoms with Crippen molar-refractivity contribution in [1.82, 2.24) is 10.2 Å². The number of benzene rings is 1. The van der Waals surface area contributed by atoms with E-state index >= 15 is 0 Å². The second-order valence-electron chi connectivity index (χ2n) is 6.90. The van der Waals surface area contributed by atoms with Crippen LogP contribution in [0.15, 0.2) is 24.3 Å². The Morgan fingerprint density at radius 2 is 2.19 bits per heavy atom. The fourth-order valence-corrected chi connectivity index (χ4v) is 3.54. The first kappa shape index (κ1) is 14.9. The Hall–Kier alpha value is -1.06. The number of phenols is 1. The van der Waals surface area contributed by atoms with Gasteiger partial charge in [0.25, 0.3) is 0 Å². The van der Waals surface area contributed by atoms with Gasteiger partial charge in [-0.15, -0.1) is 0 Å². The highest BCUT2D eigenvalue weighted by atomic mass is 16.3. The Morgan fingerprint density at radius 1 is 1.38 bits per heavy atom. The average molecular weight is 288 g/mol. The summed E-state index contributed by atoms with van der Waals surface area (Å²) in [7, 11) is 0. The Bertz CT molecular complexity index is 472. The van der Waals surface area contributed by atoms with Crippen LogP contribution in [0.3, 0.4) is 0 Å². The summed E-state index contributed by atoms with van der Waals surface area (Å²) in [5, 5.41) is 13.5. The predicted molar refractivity (Wildman–Crippen MR) is 86.3 cm³/mol. The Kier molecular flexibility index (Phi) is 4.51. The van der Waals surface area contributed by atoms with Crippen molar-refractivity contribution in [3.05, 3.63) is 29.8 Å². The van der Waals surface area contributed by atoms with Crippen molar-refractivity contribution < 1.29 is 5.11 Å². The summed E-state index contributed by atoms with van der Waals surface area (Å²) in [6.07, 6.45) is 4.00. The van der Waals surface area contributed by atoms with Crippen molar-refractivity contribution >= 4 is 0 Å². The van der Waals surface area contributed by atoms with E-state index in [-0.39, 0.29) is 0 Å². The number of rotatable bonds is 5. The minimum Gasteiger partial charge on any atom is -0.508 e. The number of phenolic OH excluding ortho intramolecular Hbond substituents is 1. The number of nitrogens with zero attached hydrogens (tertiary/aromatic N) is 1. The SMILES string of the molecule is CCC(C)C1CN(Cc2cccc(O)c2)C(C2CC2)CN1. The van der Waals surface area contributed by atoms with E-state index in [1.165, 1.54) is 24.8 Å². The molecule has 0 bridgehead atoms. The van der Waals surface area contributed by atoms with Crippen molar-refractivity contribution in [2.45, 2.75) is 51.7 Å². The van der Waals surface area contributed by atoms with Crippen LogP contribution in [0.5, 0.6) is 5.75 Å². The van der Waals surface area contributed by atoms with Gasteiger partial charge in [-0.3, -0.25) is 4.90 Å². The highest BCUT2D eigenvalue weighted by Crippen LogP contribution is 2.37. The van der Waals surface area contributed by atoms with Crippen LogP contribution < -0.4 is 5.32 Å². The topological polar surface area (TPSA) is 35.5 Å². The summed E-state index contributed by atoms with van der Waals surface area (Å²) in [6, 6.07) is 9.01. The maximum atomic E-state index is 9.68. The summed E-state index contributed by atoms with van der Waals surface area (Å²) < 4.78 is 0. The van der Waals surface area contributed by atoms with Crippen molar-refractivity contribution in [3.63, 3.8) is 0 Å². The highest BCUT2D eigenvalue weighted by molar-refractivity contribution is 5.27. The maximum absolute atomic E-state index is 9.68. The molecule has 1 aliphatic heterocycles. The number of hydrogen-bond donors (Lipinski definition) is 2. The molecule has 0 amide bonds. The lowest BCUT2D eigenvalue weighted by Gasteiger charge is -2.42. The predicted octanol–water partition coefficient (Wildman–Crippen LogP) is 2.99. The molecule has 3 rings (SSSR count). The zero-order valence-corrected chi connectivity index (χ0v) is 13.3. The molecule has 1 aromatic rings. The fraction of sp³-hybridized carbons (Fsp3) is 0.667. The van der Waals surface area contributed by atoms with Gasteiger partial charge in [0.1, 0.15) is 5.75 Å². The lowest BCUT2D eigenvalue weighted by atomic mass is 9.94. The third-order valence-electron chi connectivity index (χ3n) is 5.28. The van der Waals surface area contributed by atoms with Crippen LogP contribution in [0.2, 0.25) is 0 Å². The molecule has 116 valence electrons. The summed E-state index contributed by atoms with van der Waals surface area (Å²) in [5.41, 5.74) is 1.23. The Morgan fingerprint density at radius 3 is 2.86 bits per heavy atom. The van der Waals surface area contributed by atoms with Crippen LogP contribution >= 0.6 is 0 Å². The Balaban J connectivity index is 1.71. The third kappa shape index (κ3) is 3.58. The van der Waals surface area contributed by atoms with Crippen LogP contribution in [-0.4, -0.2) is 35.2 Å². The van der Waals surface area contributed by atoms with E-state index in [4.69, 9.17) is 0 Å². The summed E-state index contributed by atoms with van der Waals surface area (Å²) in [6.45, 7) is 7.84. The van der Waals surface area contributed by atoms with Crippen molar-refractivity contribution in [3.8, 4) is 5.75 Å². The van der Waals surface area contributed by atoms with Gasteiger partial charge in [-0.2, -0.15) is 0 Å². The van der Waals surface area contributed by atoms with Crippen LogP contribution in [0, 0.1) is 11.8 Å². The molecule has 3 heteroatoms. The molecule has 1 heterocycles. The minimum atomic E-state index is 0.379. The molecule has 21 heavy (non-hydrogen) atoms. The van der Waals surface area contributed by atoms with Gasteiger partial charge >= 0.3 is 0 Å². The first-order chi connectivity index (χ1) is 10.2. The fourth-order valence-electron chi connectivity index (χ4n) is 3.54. The molecule has 1 saturated carbocycles. The zero-order valence-electron chi connectivity index (χ0n) is 13.3. The van der Waals surface area contributed by atoms with E-state index in [2.05, 4.69) is 30.1 Å². The van der Waals surface area contributed by atoms with Gasteiger partial charge in [-0.05, 0) is 42.4 Å². The molecule has 2 aliphatic rings. The summed E-state index contributed by atoms with van der Waals surface area (Å²) in [4.78, 5) is 2.65. The minimum absolute atomic E-state index is 0.379. The average Bonchev–Trinajstić information content (AvgIpc) is 3.31. The number of hydrogen-bond acceptors (Lipinski definition) is 3. The van der Waals surface area contributed by atoms with Crippen molar-refractivity contribution in [2.75, 3.05) is 13.1 Å².